The summed E-state index contributed by atoms with van der Waals surface area (Å²) in [5.41, 5.74) is 0. The highest BCUT2D eigenvalue weighted by Crippen LogP contribution is 2.15. The fourth-order valence-electron chi connectivity index (χ4n) is 1.74. The number of amides is 1. The summed E-state index contributed by atoms with van der Waals surface area (Å²) in [4.78, 5) is 13.2. The summed E-state index contributed by atoms with van der Waals surface area (Å²) in [6, 6.07) is 0. The fraction of sp³-hybridized carbons (Fsp3) is 0.889. The molecule has 1 saturated heterocycles. The quantitative estimate of drug-likeness (QED) is 0.667. The van der Waals surface area contributed by atoms with Gasteiger partial charge in [0.1, 0.15) is 0 Å². The van der Waals surface area contributed by atoms with Crippen LogP contribution < -0.4 is 5.32 Å². The van der Waals surface area contributed by atoms with Gasteiger partial charge in [-0.2, -0.15) is 0 Å². The highest BCUT2D eigenvalue weighted by atomic mass is 16.2. The Hall–Kier alpha value is -0.570. The average Bonchev–Trinajstić information content (AvgIpc) is 2.52. The first-order chi connectivity index (χ1) is 5.77. The second-order valence-electron chi connectivity index (χ2n) is 3.41. The first-order valence-electron chi connectivity index (χ1n) is 4.70. The lowest BCUT2D eigenvalue weighted by molar-refractivity contribution is -0.129. The van der Waals surface area contributed by atoms with E-state index < -0.39 is 0 Å². The van der Waals surface area contributed by atoms with Gasteiger partial charge in [-0.1, -0.05) is 6.92 Å². The molecule has 0 aromatic rings. The molecule has 0 aromatic heterocycles. The van der Waals surface area contributed by atoms with Crippen LogP contribution in [0.1, 0.15) is 19.8 Å². The van der Waals surface area contributed by atoms with Gasteiger partial charge in [-0.3, -0.25) is 4.79 Å². The van der Waals surface area contributed by atoms with E-state index in [0.29, 0.717) is 18.2 Å². The Kier molecular flexibility index (Phi) is 3.53. The maximum atomic E-state index is 11.3. The molecule has 0 saturated carbocycles. The second-order valence-corrected chi connectivity index (χ2v) is 3.41. The summed E-state index contributed by atoms with van der Waals surface area (Å²) >= 11 is 0. The van der Waals surface area contributed by atoms with Gasteiger partial charge in [-0.05, 0) is 25.9 Å². The van der Waals surface area contributed by atoms with Crippen LogP contribution in [0.25, 0.3) is 0 Å². The molecule has 1 unspecified atom stereocenters. The molecule has 3 nitrogen and oxygen atoms in total. The topological polar surface area (TPSA) is 32.3 Å². The molecule has 0 aliphatic carbocycles. The Morgan fingerprint density at radius 1 is 1.67 bits per heavy atom. The van der Waals surface area contributed by atoms with Crippen LogP contribution in [0.4, 0.5) is 0 Å². The molecular weight excluding hydrogens is 152 g/mol. The van der Waals surface area contributed by atoms with Crippen LogP contribution in [0.2, 0.25) is 0 Å². The van der Waals surface area contributed by atoms with Gasteiger partial charge in [0.2, 0.25) is 5.91 Å². The molecule has 1 heterocycles. The van der Waals surface area contributed by atoms with Gasteiger partial charge in [0.25, 0.3) is 0 Å². The van der Waals surface area contributed by atoms with Crippen molar-refractivity contribution in [3.63, 3.8) is 0 Å². The van der Waals surface area contributed by atoms with E-state index in [9.17, 15) is 4.79 Å². The molecular formula is C9H18N2O. The molecule has 0 aromatic carbocycles. The number of rotatable bonds is 3. The van der Waals surface area contributed by atoms with Crippen LogP contribution in [0, 0.1) is 5.92 Å². The maximum absolute atomic E-state index is 11.3. The van der Waals surface area contributed by atoms with Crippen molar-refractivity contribution < 1.29 is 4.79 Å². The van der Waals surface area contributed by atoms with Gasteiger partial charge in [0.05, 0.1) is 0 Å². The first kappa shape index (κ1) is 9.52. The molecule has 1 rings (SSSR count). The minimum Gasteiger partial charge on any atom is -0.342 e. The lowest BCUT2D eigenvalue weighted by Crippen LogP contribution is -2.29. The van der Waals surface area contributed by atoms with Crippen LogP contribution in [0.15, 0.2) is 0 Å². The Bertz CT molecular complexity index is 159. The van der Waals surface area contributed by atoms with Crippen molar-refractivity contribution in [2.45, 2.75) is 19.8 Å². The smallest absolute Gasteiger partial charge is 0.222 e. The van der Waals surface area contributed by atoms with E-state index in [4.69, 9.17) is 0 Å². The van der Waals surface area contributed by atoms with E-state index in [1.165, 1.54) is 0 Å². The highest BCUT2D eigenvalue weighted by molar-refractivity contribution is 5.76. The van der Waals surface area contributed by atoms with E-state index in [0.717, 1.165) is 26.1 Å². The van der Waals surface area contributed by atoms with Gasteiger partial charge < -0.3 is 10.2 Å². The average molecular weight is 170 g/mol. The van der Waals surface area contributed by atoms with Gasteiger partial charge in [0, 0.05) is 19.5 Å². The number of likely N-dealkylation sites (tertiary alicyclic amines) is 1. The zero-order chi connectivity index (χ0) is 8.97. The Balaban J connectivity index is 2.30. The summed E-state index contributed by atoms with van der Waals surface area (Å²) in [5, 5.41) is 3.15. The summed E-state index contributed by atoms with van der Waals surface area (Å²) in [5.74, 6) is 0.971. The zero-order valence-corrected chi connectivity index (χ0v) is 7.97. The number of nitrogens with zero attached hydrogens (tertiary/aromatic N) is 1. The monoisotopic (exact) mass is 170 g/mol. The summed E-state index contributed by atoms with van der Waals surface area (Å²) in [6.07, 6.45) is 1.80. The molecule has 70 valence electrons. The third-order valence-corrected chi connectivity index (χ3v) is 2.43. The predicted octanol–water partition coefficient (Wildman–Crippen LogP) is 0.464. The van der Waals surface area contributed by atoms with E-state index in [1.807, 2.05) is 18.9 Å². The lowest BCUT2D eigenvalue weighted by Gasteiger charge is -2.15. The van der Waals surface area contributed by atoms with Gasteiger partial charge in [-0.25, -0.2) is 0 Å². The molecule has 0 radical (unpaired) electrons. The van der Waals surface area contributed by atoms with Gasteiger partial charge in [-0.15, -0.1) is 0 Å². The normalized spacial score (nSPS) is 23.2. The predicted molar refractivity (Wildman–Crippen MR) is 48.9 cm³/mol. The van der Waals surface area contributed by atoms with Crippen LogP contribution in [-0.4, -0.2) is 37.5 Å². The van der Waals surface area contributed by atoms with Crippen LogP contribution >= 0.6 is 0 Å². The minimum atomic E-state index is 0.300. The van der Waals surface area contributed by atoms with Gasteiger partial charge >= 0.3 is 0 Å². The van der Waals surface area contributed by atoms with Crippen molar-refractivity contribution >= 4 is 5.91 Å². The molecule has 1 N–H and O–H groups in total. The van der Waals surface area contributed by atoms with Crippen molar-refractivity contribution in [1.29, 1.82) is 0 Å². The molecule has 1 aliphatic heterocycles. The molecule has 1 aliphatic rings. The summed E-state index contributed by atoms with van der Waals surface area (Å²) < 4.78 is 0. The molecule has 1 amide bonds. The van der Waals surface area contributed by atoms with Crippen LogP contribution in [0.5, 0.6) is 0 Å². The number of nitrogens with one attached hydrogen (secondary N) is 1. The van der Waals surface area contributed by atoms with E-state index in [1.54, 1.807) is 0 Å². The Morgan fingerprint density at radius 3 is 3.00 bits per heavy atom. The molecule has 1 atom stereocenters. The Morgan fingerprint density at radius 2 is 2.42 bits per heavy atom. The highest BCUT2D eigenvalue weighted by Gasteiger charge is 2.24. The Labute approximate surface area is 74.1 Å². The third-order valence-electron chi connectivity index (χ3n) is 2.43. The van der Waals surface area contributed by atoms with E-state index in [-0.39, 0.29) is 0 Å². The molecule has 3 heteroatoms. The van der Waals surface area contributed by atoms with Crippen molar-refractivity contribution in [3.05, 3.63) is 0 Å². The molecule has 0 bridgehead atoms. The van der Waals surface area contributed by atoms with E-state index in [2.05, 4.69) is 5.32 Å². The third kappa shape index (κ3) is 2.21. The van der Waals surface area contributed by atoms with Crippen molar-refractivity contribution in [2.24, 2.45) is 5.92 Å². The van der Waals surface area contributed by atoms with E-state index >= 15 is 0 Å². The van der Waals surface area contributed by atoms with Crippen molar-refractivity contribution in [3.8, 4) is 0 Å². The number of carbonyl (C=O) groups is 1. The molecule has 12 heavy (non-hydrogen) atoms. The standard InChI is InChI=1S/C9H18N2O/c1-3-9(12)11-5-4-8(7-11)6-10-2/h8,10H,3-7H2,1-2H3. The zero-order valence-electron chi connectivity index (χ0n) is 7.97. The van der Waals surface area contributed by atoms with Crippen LogP contribution in [-0.2, 0) is 4.79 Å². The summed E-state index contributed by atoms with van der Waals surface area (Å²) in [7, 11) is 1.96. The van der Waals surface area contributed by atoms with Crippen molar-refractivity contribution in [2.75, 3.05) is 26.7 Å². The largest absolute Gasteiger partial charge is 0.342 e. The number of hydrogen-bond donors (Lipinski definition) is 1. The van der Waals surface area contributed by atoms with Crippen molar-refractivity contribution in [1.82, 2.24) is 10.2 Å². The van der Waals surface area contributed by atoms with Crippen LogP contribution in [0.3, 0.4) is 0 Å². The first-order valence-corrected chi connectivity index (χ1v) is 4.70. The summed E-state index contributed by atoms with van der Waals surface area (Å²) in [6.45, 7) is 4.87. The molecule has 1 fully saturated rings. The minimum absolute atomic E-state index is 0.300. The second kappa shape index (κ2) is 4.45. The number of hydrogen-bond acceptors (Lipinski definition) is 2. The fourth-order valence-corrected chi connectivity index (χ4v) is 1.74. The molecule has 0 spiro atoms. The maximum Gasteiger partial charge on any atom is 0.222 e. The lowest BCUT2D eigenvalue weighted by atomic mass is 10.1. The SMILES string of the molecule is CCC(=O)N1CCC(CNC)C1. The number of carbonyl (C=O) groups excluding carboxylic acids is 1. The van der Waals surface area contributed by atoms with Gasteiger partial charge in [0.15, 0.2) is 0 Å².